The predicted octanol–water partition coefficient (Wildman–Crippen LogP) is 1.96. The minimum atomic E-state index is -0.997. The highest BCUT2D eigenvalue weighted by Gasteiger charge is 2.33. The molecular formula is C32H48N4O8. The summed E-state index contributed by atoms with van der Waals surface area (Å²) in [6.07, 6.45) is 4.62. The van der Waals surface area contributed by atoms with Crippen LogP contribution in [0.15, 0.2) is 58.5 Å². The summed E-state index contributed by atoms with van der Waals surface area (Å²) in [6, 6.07) is 0. The number of primary amides is 1. The molecule has 12 nitrogen and oxygen atoms in total. The molecule has 0 aromatic rings. The average Bonchev–Trinajstić information content (AvgIpc) is 2.97. The van der Waals surface area contributed by atoms with Crippen molar-refractivity contribution in [3.05, 3.63) is 58.5 Å². The van der Waals surface area contributed by atoms with E-state index in [1.165, 1.54) is 20.3 Å². The zero-order valence-corrected chi connectivity index (χ0v) is 26.8. The molecule has 0 radical (unpaired) electrons. The summed E-state index contributed by atoms with van der Waals surface area (Å²) < 4.78 is 16.6. The fourth-order valence-electron chi connectivity index (χ4n) is 5.26. The molecule has 0 aromatic heterocycles. The minimum absolute atomic E-state index is 0.112. The number of hydrogen-bond donors (Lipinski definition) is 5. The molecule has 6 atom stereocenters. The molecule has 6 N–H and O–H groups in total. The number of ketones is 2. The maximum atomic E-state index is 13.7. The largest absolute Gasteiger partial charge is 0.439 e. The van der Waals surface area contributed by atoms with Crippen LogP contribution in [0, 0.1) is 11.8 Å². The highest BCUT2D eigenvalue weighted by molar-refractivity contribution is 6.23. The first-order valence-electron chi connectivity index (χ1n) is 14.8. The number of amides is 2. The summed E-state index contributed by atoms with van der Waals surface area (Å²) >= 11 is 0. The molecule has 244 valence electrons. The van der Waals surface area contributed by atoms with Gasteiger partial charge in [0, 0.05) is 43.9 Å². The van der Waals surface area contributed by atoms with Gasteiger partial charge in [0.1, 0.15) is 6.10 Å². The zero-order chi connectivity index (χ0) is 33.0. The fraction of sp³-hybridized carbons (Fsp3) is 0.562. The number of aliphatic hydroxyl groups excluding tert-OH is 1. The number of nitrogens with one attached hydrogen (secondary N) is 3. The normalized spacial score (nSPS) is 30.8. The molecule has 2 rings (SSSR count). The van der Waals surface area contributed by atoms with Crippen molar-refractivity contribution in [2.24, 2.45) is 17.6 Å². The van der Waals surface area contributed by atoms with Crippen LogP contribution in [0.1, 0.15) is 47.0 Å². The number of rotatable bonds is 8. The molecule has 1 aliphatic heterocycles. The Morgan fingerprint density at radius 3 is 2.45 bits per heavy atom. The van der Waals surface area contributed by atoms with Crippen LogP contribution >= 0.6 is 0 Å². The van der Waals surface area contributed by atoms with Gasteiger partial charge in [-0.1, -0.05) is 38.2 Å². The second kappa shape index (κ2) is 17.6. The first-order chi connectivity index (χ1) is 20.8. The van der Waals surface area contributed by atoms with E-state index < -0.39 is 53.9 Å². The van der Waals surface area contributed by atoms with Crippen molar-refractivity contribution in [2.75, 3.05) is 34.4 Å². The van der Waals surface area contributed by atoms with Crippen LogP contribution in [0.5, 0.6) is 0 Å². The van der Waals surface area contributed by atoms with Gasteiger partial charge in [-0.3, -0.25) is 14.4 Å². The molecule has 1 heterocycles. The number of ether oxygens (including phenoxy) is 3. The second-order valence-electron chi connectivity index (χ2n) is 11.3. The Kier molecular flexibility index (Phi) is 14.7. The van der Waals surface area contributed by atoms with Crippen molar-refractivity contribution in [3.8, 4) is 0 Å². The Balaban J connectivity index is 2.59. The number of aliphatic hydroxyl groups is 1. The molecule has 6 unspecified atom stereocenters. The number of hydrogen-bond acceptors (Lipinski definition) is 10. The first kappa shape index (κ1) is 36.6. The van der Waals surface area contributed by atoms with Gasteiger partial charge in [-0.2, -0.15) is 0 Å². The SMILES string of the molecule is CNCCCNC1=C2CC(C)CC(OC)C(O)C(C)/C=C(\C)C(OC(N)=O)C(OC)/C=C\C=C(/C)C(=O)NC(=CC1=O)C2=O. The second-order valence-corrected chi connectivity index (χ2v) is 11.3. The number of Topliss-reactive ketones (excluding diaryl/α,β-unsaturated/α-hetero) is 1. The molecule has 2 amide bonds. The summed E-state index contributed by atoms with van der Waals surface area (Å²) in [4.78, 5) is 51.7. The van der Waals surface area contributed by atoms with Crippen molar-refractivity contribution in [1.29, 1.82) is 0 Å². The van der Waals surface area contributed by atoms with Crippen molar-refractivity contribution in [2.45, 2.75) is 71.4 Å². The predicted molar refractivity (Wildman–Crippen MR) is 166 cm³/mol. The Morgan fingerprint density at radius 1 is 1.14 bits per heavy atom. The quantitative estimate of drug-likeness (QED) is 0.154. The Labute approximate surface area is 259 Å². The lowest BCUT2D eigenvalue weighted by Crippen LogP contribution is -2.38. The van der Waals surface area contributed by atoms with E-state index in [0.717, 1.165) is 19.0 Å². The van der Waals surface area contributed by atoms with E-state index in [9.17, 15) is 24.3 Å². The van der Waals surface area contributed by atoms with Gasteiger partial charge < -0.3 is 41.0 Å². The van der Waals surface area contributed by atoms with Gasteiger partial charge in [-0.25, -0.2) is 4.79 Å². The van der Waals surface area contributed by atoms with Crippen LogP contribution < -0.4 is 21.7 Å². The standard InChI is InChI=1S/C32H48N4O8/c1-18-14-22-27(35-13-9-12-34-5)24(37)17-23(29(22)39)36-31(40)19(2)10-8-11-25(42-6)30(44-32(33)41)21(4)16-20(3)28(38)26(15-18)43-7/h8,10-11,16-18,20,25-26,28,30,34-35,38H,9,12-15H2,1-7H3,(H2,33,41)(H,36,40)/b11-8-,19-10+,21-16+. The van der Waals surface area contributed by atoms with Crippen LogP contribution in [0.25, 0.3) is 0 Å². The summed E-state index contributed by atoms with van der Waals surface area (Å²) in [5, 5.41) is 20.0. The molecule has 2 bridgehead atoms. The Morgan fingerprint density at radius 2 is 1.84 bits per heavy atom. The topological polar surface area (TPSA) is 178 Å². The Hall–Kier alpha value is -3.58. The van der Waals surface area contributed by atoms with Crippen molar-refractivity contribution < 1.29 is 38.5 Å². The van der Waals surface area contributed by atoms with Crippen LogP contribution in [0.4, 0.5) is 4.79 Å². The molecule has 0 fully saturated rings. The smallest absolute Gasteiger partial charge is 0.405 e. The molecule has 12 heteroatoms. The highest BCUT2D eigenvalue weighted by atomic mass is 16.6. The zero-order valence-electron chi connectivity index (χ0n) is 26.8. The summed E-state index contributed by atoms with van der Waals surface area (Å²) in [7, 11) is 4.77. The lowest BCUT2D eigenvalue weighted by atomic mass is 9.85. The van der Waals surface area contributed by atoms with E-state index in [4.69, 9.17) is 19.9 Å². The Bertz CT molecular complexity index is 1220. The van der Waals surface area contributed by atoms with Gasteiger partial charge in [-0.15, -0.1) is 0 Å². The molecule has 0 spiro atoms. The summed E-state index contributed by atoms with van der Waals surface area (Å²) in [5.74, 6) is -2.05. The lowest BCUT2D eigenvalue weighted by Gasteiger charge is -2.30. The van der Waals surface area contributed by atoms with E-state index in [1.807, 2.05) is 20.9 Å². The first-order valence-corrected chi connectivity index (χ1v) is 14.8. The van der Waals surface area contributed by atoms with Gasteiger partial charge in [0.2, 0.25) is 11.6 Å². The number of nitrogens with two attached hydrogens (primary N) is 1. The van der Waals surface area contributed by atoms with E-state index in [1.54, 1.807) is 32.1 Å². The van der Waals surface area contributed by atoms with Gasteiger partial charge in [-0.05, 0) is 58.2 Å². The number of carbonyl (C=O) groups is 4. The van der Waals surface area contributed by atoms with Crippen molar-refractivity contribution >= 4 is 23.6 Å². The van der Waals surface area contributed by atoms with Gasteiger partial charge >= 0.3 is 6.09 Å². The van der Waals surface area contributed by atoms with Crippen molar-refractivity contribution in [1.82, 2.24) is 16.0 Å². The fourth-order valence-corrected chi connectivity index (χ4v) is 5.26. The molecule has 2 aliphatic rings. The summed E-state index contributed by atoms with van der Waals surface area (Å²) in [5.41, 5.74) is 6.57. The number of methoxy groups -OCH3 is 2. The monoisotopic (exact) mass is 616 g/mol. The number of fused-ring (bicyclic) bond motifs is 2. The van der Waals surface area contributed by atoms with E-state index >= 15 is 0 Å². The van der Waals surface area contributed by atoms with Crippen LogP contribution in [-0.4, -0.2) is 87.4 Å². The van der Waals surface area contributed by atoms with E-state index in [0.29, 0.717) is 18.5 Å². The highest BCUT2D eigenvalue weighted by Crippen LogP contribution is 2.28. The van der Waals surface area contributed by atoms with Crippen LogP contribution in [0.2, 0.25) is 0 Å². The van der Waals surface area contributed by atoms with Gasteiger partial charge in [0.25, 0.3) is 5.91 Å². The maximum absolute atomic E-state index is 13.7. The third-order valence-corrected chi connectivity index (χ3v) is 7.70. The van der Waals surface area contributed by atoms with Gasteiger partial charge in [0.15, 0.2) is 6.10 Å². The van der Waals surface area contributed by atoms with Crippen LogP contribution in [0.3, 0.4) is 0 Å². The molecule has 0 saturated heterocycles. The molecular weight excluding hydrogens is 568 g/mol. The molecule has 1 aliphatic carbocycles. The maximum Gasteiger partial charge on any atom is 0.405 e. The average molecular weight is 617 g/mol. The third-order valence-electron chi connectivity index (χ3n) is 7.70. The molecule has 44 heavy (non-hydrogen) atoms. The number of allylic oxidation sites excluding steroid dienone is 4. The van der Waals surface area contributed by atoms with E-state index in [2.05, 4.69) is 16.0 Å². The van der Waals surface area contributed by atoms with Crippen molar-refractivity contribution in [3.63, 3.8) is 0 Å². The van der Waals surface area contributed by atoms with Crippen LogP contribution in [-0.2, 0) is 28.6 Å². The summed E-state index contributed by atoms with van der Waals surface area (Å²) in [6.45, 7) is 8.22. The molecule has 0 saturated carbocycles. The third kappa shape index (κ3) is 10.3. The minimum Gasteiger partial charge on any atom is -0.439 e. The van der Waals surface area contributed by atoms with E-state index in [-0.39, 0.29) is 34.9 Å². The number of carbonyl (C=O) groups excluding carboxylic acids is 4. The molecule has 0 aromatic carbocycles. The lowest BCUT2D eigenvalue weighted by molar-refractivity contribution is -0.120. The van der Waals surface area contributed by atoms with Gasteiger partial charge in [0.05, 0.1) is 23.6 Å².